The fourth-order valence-corrected chi connectivity index (χ4v) is 4.54. The summed E-state index contributed by atoms with van der Waals surface area (Å²) in [6, 6.07) is 11.1. The lowest BCUT2D eigenvalue weighted by molar-refractivity contribution is 0.00578. The topological polar surface area (TPSA) is 18.5 Å². The second-order valence-electron chi connectivity index (χ2n) is 10.5. The second kappa shape index (κ2) is 8.08. The number of benzene rings is 2. The fourth-order valence-electron chi connectivity index (χ4n) is 4.54. The summed E-state index contributed by atoms with van der Waals surface area (Å²) >= 11 is 0. The van der Waals surface area contributed by atoms with Crippen LogP contribution in [0, 0.1) is 6.92 Å². The van der Waals surface area contributed by atoms with Crippen molar-refractivity contribution in [2.75, 3.05) is 0 Å². The van der Waals surface area contributed by atoms with Crippen LogP contribution >= 0.6 is 0 Å². The maximum absolute atomic E-state index is 6.46. The van der Waals surface area contributed by atoms with E-state index in [4.69, 9.17) is 9.31 Å². The molecule has 1 fully saturated rings. The molecule has 1 aliphatic rings. The molecular formula is C26H39BO2. The fraction of sp³-hybridized carbons (Fsp3) is 0.615. The maximum atomic E-state index is 6.46. The van der Waals surface area contributed by atoms with Crippen LogP contribution in [-0.2, 0) is 14.7 Å². The Morgan fingerprint density at radius 1 is 0.897 bits per heavy atom. The van der Waals surface area contributed by atoms with E-state index in [2.05, 4.69) is 85.7 Å². The first-order valence-electron chi connectivity index (χ1n) is 11.4. The van der Waals surface area contributed by atoms with Crippen LogP contribution in [0.1, 0.15) is 91.7 Å². The van der Waals surface area contributed by atoms with Gasteiger partial charge in [0, 0.05) is 0 Å². The van der Waals surface area contributed by atoms with E-state index in [9.17, 15) is 0 Å². The summed E-state index contributed by atoms with van der Waals surface area (Å²) < 4.78 is 12.9. The van der Waals surface area contributed by atoms with E-state index in [-0.39, 0.29) is 23.7 Å². The van der Waals surface area contributed by atoms with Gasteiger partial charge in [-0.2, -0.15) is 0 Å². The Balaban J connectivity index is 2.06. The molecule has 1 saturated heterocycles. The summed E-state index contributed by atoms with van der Waals surface area (Å²) in [4.78, 5) is 0. The maximum Gasteiger partial charge on any atom is 0.495 e. The SMILES string of the molecule is CCCCCCC(C)(C)c1cc(B2OC(C)(C)C(C)(C)O2)c2ccccc2c1C. The van der Waals surface area contributed by atoms with Gasteiger partial charge in [0.05, 0.1) is 11.2 Å². The Bertz CT molecular complexity index is 850. The molecule has 29 heavy (non-hydrogen) atoms. The minimum Gasteiger partial charge on any atom is -0.399 e. The summed E-state index contributed by atoms with van der Waals surface area (Å²) in [7, 11) is -0.333. The zero-order valence-electron chi connectivity index (χ0n) is 19.8. The Kier molecular flexibility index (Phi) is 6.23. The molecule has 0 radical (unpaired) electrons. The Labute approximate surface area is 178 Å². The van der Waals surface area contributed by atoms with Gasteiger partial charge < -0.3 is 9.31 Å². The zero-order chi connectivity index (χ0) is 21.4. The Hall–Kier alpha value is -1.32. The van der Waals surface area contributed by atoms with Crippen molar-refractivity contribution in [2.45, 2.75) is 104 Å². The van der Waals surface area contributed by atoms with Crippen molar-refractivity contribution in [3.05, 3.63) is 41.5 Å². The van der Waals surface area contributed by atoms with Crippen LogP contribution in [-0.4, -0.2) is 18.3 Å². The Morgan fingerprint density at radius 3 is 2.07 bits per heavy atom. The molecule has 158 valence electrons. The van der Waals surface area contributed by atoms with Crippen LogP contribution in [0.25, 0.3) is 10.8 Å². The zero-order valence-corrected chi connectivity index (χ0v) is 19.8. The normalized spacial score (nSPS) is 18.6. The van der Waals surface area contributed by atoms with Crippen LogP contribution in [0.4, 0.5) is 0 Å². The quantitative estimate of drug-likeness (QED) is 0.384. The highest BCUT2D eigenvalue weighted by Gasteiger charge is 2.52. The lowest BCUT2D eigenvalue weighted by atomic mass is 9.69. The summed E-state index contributed by atoms with van der Waals surface area (Å²) in [5.74, 6) is 0. The molecule has 2 aromatic rings. The minimum atomic E-state index is -0.334. The van der Waals surface area contributed by atoms with Gasteiger partial charge in [-0.05, 0) is 73.8 Å². The molecule has 0 spiro atoms. The van der Waals surface area contributed by atoms with Crippen LogP contribution < -0.4 is 5.46 Å². The summed E-state index contributed by atoms with van der Waals surface area (Å²) in [6.07, 6.45) is 6.40. The predicted molar refractivity (Wildman–Crippen MR) is 126 cm³/mol. The average Bonchev–Trinajstić information content (AvgIpc) is 2.86. The number of fused-ring (bicyclic) bond motifs is 1. The largest absolute Gasteiger partial charge is 0.495 e. The summed E-state index contributed by atoms with van der Waals surface area (Å²) in [6.45, 7) is 17.8. The van der Waals surface area contributed by atoms with Gasteiger partial charge in [0.15, 0.2) is 0 Å². The third kappa shape index (κ3) is 4.27. The third-order valence-electron chi connectivity index (χ3n) is 7.24. The molecule has 0 N–H and O–H groups in total. The molecule has 0 unspecified atom stereocenters. The lowest BCUT2D eigenvalue weighted by Crippen LogP contribution is -2.41. The van der Waals surface area contributed by atoms with Gasteiger partial charge in [0.2, 0.25) is 0 Å². The van der Waals surface area contributed by atoms with E-state index in [1.54, 1.807) is 0 Å². The molecule has 0 atom stereocenters. The molecular weight excluding hydrogens is 355 g/mol. The monoisotopic (exact) mass is 394 g/mol. The van der Waals surface area contributed by atoms with Crippen molar-refractivity contribution in [1.82, 2.24) is 0 Å². The van der Waals surface area contributed by atoms with Gasteiger partial charge >= 0.3 is 7.12 Å². The number of hydrogen-bond acceptors (Lipinski definition) is 2. The van der Waals surface area contributed by atoms with Crippen molar-refractivity contribution in [1.29, 1.82) is 0 Å². The van der Waals surface area contributed by atoms with Crippen LogP contribution in [0.5, 0.6) is 0 Å². The standard InChI is InChI=1S/C26H39BO2/c1-9-10-11-14-17-24(3,4)22-18-23(21-16-13-12-15-20(21)19(22)2)27-28-25(5,6)26(7,8)29-27/h12-13,15-16,18H,9-11,14,17H2,1-8H3. The second-order valence-corrected chi connectivity index (χ2v) is 10.5. The molecule has 3 rings (SSSR count). The molecule has 0 bridgehead atoms. The summed E-state index contributed by atoms with van der Waals surface area (Å²) in [5, 5.41) is 2.56. The molecule has 0 amide bonds. The first-order chi connectivity index (χ1) is 13.5. The van der Waals surface area contributed by atoms with Crippen LogP contribution in [0.15, 0.2) is 30.3 Å². The predicted octanol–water partition coefficient (Wildman–Crippen LogP) is 6.70. The highest BCUT2D eigenvalue weighted by Crippen LogP contribution is 2.39. The minimum absolute atomic E-state index is 0.125. The third-order valence-corrected chi connectivity index (χ3v) is 7.24. The highest BCUT2D eigenvalue weighted by atomic mass is 16.7. The number of rotatable bonds is 7. The van der Waals surface area contributed by atoms with Crippen LogP contribution in [0.2, 0.25) is 0 Å². The van der Waals surface area contributed by atoms with Gasteiger partial charge in [-0.3, -0.25) is 0 Å². The van der Waals surface area contributed by atoms with Gasteiger partial charge in [0.25, 0.3) is 0 Å². The smallest absolute Gasteiger partial charge is 0.399 e. The van der Waals surface area contributed by atoms with Crippen molar-refractivity contribution in [3.8, 4) is 0 Å². The number of hydrogen-bond donors (Lipinski definition) is 0. The van der Waals surface area contributed by atoms with Gasteiger partial charge in [-0.15, -0.1) is 0 Å². The van der Waals surface area contributed by atoms with E-state index in [0.717, 1.165) is 0 Å². The van der Waals surface area contributed by atoms with E-state index in [1.165, 1.54) is 59.5 Å². The number of unbranched alkanes of at least 4 members (excludes halogenated alkanes) is 3. The molecule has 3 heteroatoms. The first-order valence-corrected chi connectivity index (χ1v) is 11.4. The van der Waals surface area contributed by atoms with Gasteiger partial charge in [-0.1, -0.05) is 76.8 Å². The van der Waals surface area contributed by atoms with E-state index in [1.807, 2.05) is 0 Å². The van der Waals surface area contributed by atoms with E-state index >= 15 is 0 Å². The molecule has 0 saturated carbocycles. The molecule has 1 heterocycles. The Morgan fingerprint density at radius 2 is 1.48 bits per heavy atom. The molecule has 2 aromatic carbocycles. The summed E-state index contributed by atoms with van der Waals surface area (Å²) in [5.41, 5.74) is 3.44. The van der Waals surface area contributed by atoms with Crippen molar-refractivity contribution >= 4 is 23.4 Å². The van der Waals surface area contributed by atoms with Crippen molar-refractivity contribution in [3.63, 3.8) is 0 Å². The van der Waals surface area contributed by atoms with Gasteiger partial charge in [-0.25, -0.2) is 0 Å². The van der Waals surface area contributed by atoms with Crippen molar-refractivity contribution in [2.24, 2.45) is 0 Å². The first kappa shape index (κ1) is 22.4. The molecule has 0 aromatic heterocycles. The molecule has 0 aliphatic carbocycles. The van der Waals surface area contributed by atoms with Crippen molar-refractivity contribution < 1.29 is 9.31 Å². The highest BCUT2D eigenvalue weighted by molar-refractivity contribution is 6.65. The number of aryl methyl sites for hydroxylation is 1. The average molecular weight is 394 g/mol. The van der Waals surface area contributed by atoms with E-state index in [0.29, 0.717) is 0 Å². The molecule has 1 aliphatic heterocycles. The van der Waals surface area contributed by atoms with Gasteiger partial charge in [0.1, 0.15) is 0 Å². The van der Waals surface area contributed by atoms with E-state index < -0.39 is 0 Å². The lowest BCUT2D eigenvalue weighted by Gasteiger charge is -2.32. The molecule has 2 nitrogen and oxygen atoms in total. The van der Waals surface area contributed by atoms with Crippen LogP contribution in [0.3, 0.4) is 0 Å².